The predicted octanol–water partition coefficient (Wildman–Crippen LogP) is 2.34. The number of ketones is 1. The largest absolute Gasteiger partial charge is 0.379 e. The molecule has 0 aliphatic carbocycles. The van der Waals surface area contributed by atoms with Crippen molar-refractivity contribution in [2.45, 2.75) is 186 Å². The Morgan fingerprint density at radius 1 is 0.600 bits per heavy atom. The van der Waals surface area contributed by atoms with E-state index in [1.165, 1.54) is 6.92 Å². The number of nitrogens with one attached hydrogen (secondary N) is 1. The lowest BCUT2D eigenvalue weighted by atomic mass is 9.96. The molecule has 16 nitrogen and oxygen atoms in total. The molecule has 2 fully saturated rings. The van der Waals surface area contributed by atoms with Gasteiger partial charge in [0.05, 0.1) is 37.5 Å². The Bertz CT molecular complexity index is 1050. The summed E-state index contributed by atoms with van der Waals surface area (Å²) >= 11 is 0. The van der Waals surface area contributed by atoms with Crippen molar-refractivity contribution in [3.05, 3.63) is 0 Å². The highest BCUT2D eigenvalue weighted by molar-refractivity contribution is 5.90. The first-order chi connectivity index (χ1) is 26.4. The molecule has 7 N–H and O–H groups in total. The number of rotatable bonds is 29. The summed E-state index contributed by atoms with van der Waals surface area (Å²) < 4.78 is 61.7. The Morgan fingerprint density at radius 2 is 0.964 bits per heavy atom. The summed E-state index contributed by atoms with van der Waals surface area (Å²) in [5, 5.41) is 2.76. The van der Waals surface area contributed by atoms with Crippen LogP contribution in [0.3, 0.4) is 0 Å². The summed E-state index contributed by atoms with van der Waals surface area (Å²) in [6.07, 6.45) is -2.04. The molecule has 0 aromatic heterocycles. The fourth-order valence-corrected chi connectivity index (χ4v) is 6.48. The lowest BCUT2D eigenvalue weighted by Crippen LogP contribution is -2.66. The van der Waals surface area contributed by atoms with E-state index in [1.807, 2.05) is 41.5 Å². The van der Waals surface area contributed by atoms with Gasteiger partial charge in [0.2, 0.25) is 5.91 Å². The fourth-order valence-electron chi connectivity index (χ4n) is 6.48. The molecule has 0 bridgehead atoms. The molecule has 2 aliphatic heterocycles. The normalized spacial score (nSPS) is 30.8. The molecular formula is C39H76N4O12. The topological polar surface area (TPSA) is 217 Å². The number of Topliss-reactive ketones (excluding diaryl/α,β-unsaturated/α-hetero) is 1. The van der Waals surface area contributed by atoms with Crippen LogP contribution in [0.2, 0.25) is 0 Å². The smallest absolute Gasteiger partial charge is 0.240 e. The standard InChI is InChI=1S/C39H76N4O12/c1-10-16-46-22-27-33(48-18-12-3)35(50-20-14-5)30(41)38(54-27)52-25(8)29(40)37(45)43-32(24(7)44)26(9)53-39-31(42)36(51-21-15-6)34(49-19-13-4)28(55-39)23-47-17-11-2/h25-36,38-39H,10-23,40-42H2,1-9H3,(H,43,45)/t25?,26?,27?,28?,29?,30-,31-,32?,33?,34?,35-,36-,38?,39?/m0/s1. The van der Waals surface area contributed by atoms with Crippen LogP contribution in [-0.4, -0.2) is 150 Å². The molecule has 0 spiro atoms. The van der Waals surface area contributed by atoms with Crippen LogP contribution in [0.1, 0.15) is 101 Å². The molecule has 0 aromatic carbocycles. The Balaban J connectivity index is 2.20. The van der Waals surface area contributed by atoms with Gasteiger partial charge in [-0.2, -0.15) is 0 Å². The predicted molar refractivity (Wildman–Crippen MR) is 207 cm³/mol. The summed E-state index contributed by atoms with van der Waals surface area (Å²) in [5.74, 6) is -0.978. The van der Waals surface area contributed by atoms with E-state index >= 15 is 0 Å². The third-order valence-electron chi connectivity index (χ3n) is 9.42. The van der Waals surface area contributed by atoms with Crippen LogP contribution in [0.4, 0.5) is 0 Å². The van der Waals surface area contributed by atoms with E-state index in [4.69, 9.17) is 64.6 Å². The van der Waals surface area contributed by atoms with Gasteiger partial charge in [-0.05, 0) is 59.3 Å². The highest BCUT2D eigenvalue weighted by Gasteiger charge is 2.49. The highest BCUT2D eigenvalue weighted by Crippen LogP contribution is 2.29. The third kappa shape index (κ3) is 15.7. The summed E-state index contributed by atoms with van der Waals surface area (Å²) in [6, 6.07) is -3.80. The van der Waals surface area contributed by atoms with E-state index in [0.29, 0.717) is 39.6 Å². The summed E-state index contributed by atoms with van der Waals surface area (Å²) in [7, 11) is 0. The number of carbonyl (C=O) groups excluding carboxylic acids is 2. The molecule has 2 heterocycles. The van der Waals surface area contributed by atoms with Crippen LogP contribution in [-0.2, 0) is 57.0 Å². The number of amides is 1. The molecule has 10 unspecified atom stereocenters. The average Bonchev–Trinajstić information content (AvgIpc) is 3.16. The Labute approximate surface area is 330 Å². The molecule has 0 aromatic rings. The highest BCUT2D eigenvalue weighted by atomic mass is 16.7. The minimum absolute atomic E-state index is 0.244. The van der Waals surface area contributed by atoms with Crippen molar-refractivity contribution in [2.75, 3.05) is 52.9 Å². The maximum absolute atomic E-state index is 13.6. The second-order valence-corrected chi connectivity index (χ2v) is 14.5. The van der Waals surface area contributed by atoms with Crippen LogP contribution in [0.5, 0.6) is 0 Å². The number of hydrogen-bond acceptors (Lipinski definition) is 15. The SMILES string of the molecule is CCCOCC1OC(OC(C)C(N)C(=O)NC(C(C)=O)C(C)OC2OC(COCCC)C(OCCC)[C@@H](OCCC)[C@@H]2N)[C@@H](N)[C@H](OCCC)C1OCCC. The van der Waals surface area contributed by atoms with Crippen molar-refractivity contribution in [3.8, 4) is 0 Å². The van der Waals surface area contributed by atoms with Crippen LogP contribution >= 0.6 is 0 Å². The van der Waals surface area contributed by atoms with Gasteiger partial charge in [-0.25, -0.2) is 0 Å². The Hall–Kier alpha value is -1.38. The Morgan fingerprint density at radius 3 is 1.33 bits per heavy atom. The zero-order valence-corrected chi connectivity index (χ0v) is 35.1. The zero-order valence-electron chi connectivity index (χ0n) is 35.1. The van der Waals surface area contributed by atoms with E-state index < -0.39 is 91.5 Å². The van der Waals surface area contributed by atoms with Gasteiger partial charge < -0.3 is 69.9 Å². The maximum atomic E-state index is 13.6. The first-order valence-electron chi connectivity index (χ1n) is 20.7. The van der Waals surface area contributed by atoms with E-state index in [-0.39, 0.29) is 19.0 Å². The molecule has 0 radical (unpaired) electrons. The quantitative estimate of drug-likeness (QED) is 0.0800. The minimum atomic E-state index is -1.21. The molecule has 1 amide bonds. The molecule has 16 heteroatoms. The fraction of sp³-hybridized carbons (Fsp3) is 0.949. The number of nitrogens with two attached hydrogens (primary N) is 3. The molecular weight excluding hydrogens is 716 g/mol. The molecule has 2 rings (SSSR count). The second-order valence-electron chi connectivity index (χ2n) is 14.5. The summed E-state index contributed by atoms with van der Waals surface area (Å²) in [4.78, 5) is 26.6. The van der Waals surface area contributed by atoms with Crippen LogP contribution < -0.4 is 22.5 Å². The van der Waals surface area contributed by atoms with Gasteiger partial charge in [0.15, 0.2) is 18.4 Å². The van der Waals surface area contributed by atoms with E-state index in [2.05, 4.69) is 5.32 Å². The van der Waals surface area contributed by atoms with Gasteiger partial charge in [0.1, 0.15) is 48.7 Å². The van der Waals surface area contributed by atoms with Crippen molar-refractivity contribution >= 4 is 11.7 Å². The van der Waals surface area contributed by atoms with Gasteiger partial charge in [-0.15, -0.1) is 0 Å². The van der Waals surface area contributed by atoms with Gasteiger partial charge >= 0.3 is 0 Å². The van der Waals surface area contributed by atoms with Gasteiger partial charge in [-0.1, -0.05) is 41.5 Å². The summed E-state index contributed by atoms with van der Waals surface area (Å²) in [5.41, 5.74) is 19.9. The van der Waals surface area contributed by atoms with Crippen LogP contribution in [0.15, 0.2) is 0 Å². The van der Waals surface area contributed by atoms with Crippen LogP contribution in [0, 0.1) is 0 Å². The van der Waals surface area contributed by atoms with Crippen molar-refractivity contribution in [3.63, 3.8) is 0 Å². The average molecular weight is 793 g/mol. The molecule has 14 atom stereocenters. The van der Waals surface area contributed by atoms with Crippen LogP contribution in [0.25, 0.3) is 0 Å². The zero-order chi connectivity index (χ0) is 40.9. The number of ether oxygens (including phenoxy) is 10. The van der Waals surface area contributed by atoms with Gasteiger partial charge in [0.25, 0.3) is 0 Å². The molecule has 55 heavy (non-hydrogen) atoms. The first kappa shape index (κ1) is 49.8. The number of carbonyl (C=O) groups is 2. The van der Waals surface area contributed by atoms with Crippen molar-refractivity contribution in [1.82, 2.24) is 5.32 Å². The van der Waals surface area contributed by atoms with Gasteiger partial charge in [-0.3, -0.25) is 9.59 Å². The second kappa shape index (κ2) is 27.3. The van der Waals surface area contributed by atoms with E-state index in [0.717, 1.165) is 38.5 Å². The lowest BCUT2D eigenvalue weighted by molar-refractivity contribution is -0.293. The lowest BCUT2D eigenvalue weighted by Gasteiger charge is -2.46. The monoisotopic (exact) mass is 793 g/mol. The first-order valence-corrected chi connectivity index (χ1v) is 20.7. The van der Waals surface area contributed by atoms with Gasteiger partial charge in [0, 0.05) is 39.6 Å². The van der Waals surface area contributed by atoms with Crippen molar-refractivity contribution in [1.29, 1.82) is 0 Å². The molecule has 0 saturated carbocycles. The molecule has 2 saturated heterocycles. The maximum Gasteiger partial charge on any atom is 0.240 e. The third-order valence-corrected chi connectivity index (χ3v) is 9.42. The van der Waals surface area contributed by atoms with E-state index in [1.54, 1.807) is 13.8 Å². The van der Waals surface area contributed by atoms with E-state index in [9.17, 15) is 9.59 Å². The summed E-state index contributed by atoms with van der Waals surface area (Å²) in [6.45, 7) is 20.3. The number of hydrogen-bond donors (Lipinski definition) is 4. The Kier molecular flexibility index (Phi) is 24.7. The van der Waals surface area contributed by atoms with Crippen molar-refractivity contribution in [2.24, 2.45) is 17.2 Å². The molecule has 2 aliphatic rings. The minimum Gasteiger partial charge on any atom is -0.379 e. The molecule has 324 valence electrons. The van der Waals surface area contributed by atoms with Crippen molar-refractivity contribution < 1.29 is 57.0 Å².